The van der Waals surface area contributed by atoms with Crippen LogP contribution in [0.1, 0.15) is 10.4 Å². The summed E-state index contributed by atoms with van der Waals surface area (Å²) in [6.07, 6.45) is 0. The third-order valence-corrected chi connectivity index (χ3v) is 3.77. The Bertz CT molecular complexity index is 538. The molecule has 4 nitrogen and oxygen atoms in total. The monoisotopic (exact) mass is 302 g/mol. The Morgan fingerprint density at radius 3 is 2.19 bits per heavy atom. The highest BCUT2D eigenvalue weighted by molar-refractivity contribution is 8.13. The average Bonchev–Trinajstić information content (AvgIpc) is 2.18. The van der Waals surface area contributed by atoms with Crippen molar-refractivity contribution in [2.24, 2.45) is 0 Å². The lowest BCUT2D eigenvalue weighted by Crippen LogP contribution is -2.07. The van der Waals surface area contributed by atoms with Crippen LogP contribution < -0.4 is 0 Å². The van der Waals surface area contributed by atoms with Crippen molar-refractivity contribution in [3.8, 4) is 0 Å². The molecule has 1 aromatic rings. The van der Waals surface area contributed by atoms with Gasteiger partial charge in [0.15, 0.2) is 0 Å². The van der Waals surface area contributed by atoms with Crippen molar-refractivity contribution < 1.29 is 17.9 Å². The molecule has 0 heterocycles. The lowest BCUT2D eigenvalue weighted by atomic mass is 10.2. The Balaban J connectivity index is 3.58. The number of benzene rings is 1. The first-order chi connectivity index (χ1) is 7.27. The van der Waals surface area contributed by atoms with Crippen molar-refractivity contribution in [1.29, 1.82) is 0 Å². The van der Waals surface area contributed by atoms with Gasteiger partial charge in [0.25, 0.3) is 9.05 Å². The molecule has 0 spiro atoms. The number of hydrogen-bond donors (Lipinski definition) is 0. The summed E-state index contributed by atoms with van der Waals surface area (Å²) in [6, 6.07) is 2.09. The van der Waals surface area contributed by atoms with Gasteiger partial charge in [-0.2, -0.15) is 0 Å². The third kappa shape index (κ3) is 2.79. The molecule has 0 unspecified atom stereocenters. The van der Waals surface area contributed by atoms with E-state index in [9.17, 15) is 13.2 Å². The van der Waals surface area contributed by atoms with Gasteiger partial charge >= 0.3 is 5.97 Å². The van der Waals surface area contributed by atoms with Crippen LogP contribution in [0.2, 0.25) is 10.0 Å². The lowest BCUT2D eigenvalue weighted by molar-refractivity contribution is 0.0596. The normalized spacial score (nSPS) is 11.2. The molecular weight excluding hydrogens is 299 g/mol. The molecule has 0 aliphatic heterocycles. The molecule has 0 amide bonds. The highest BCUT2D eigenvalue weighted by Gasteiger charge is 2.23. The summed E-state index contributed by atoms with van der Waals surface area (Å²) in [6.45, 7) is 0. The van der Waals surface area contributed by atoms with E-state index in [1.807, 2.05) is 0 Å². The highest BCUT2D eigenvalue weighted by Crippen LogP contribution is 2.30. The molecule has 0 aliphatic carbocycles. The molecular formula is C8H5Cl3O4S. The second-order valence-electron chi connectivity index (χ2n) is 2.69. The molecule has 0 aliphatic rings. The second-order valence-corrected chi connectivity index (χ2v) is 6.04. The van der Waals surface area contributed by atoms with Gasteiger partial charge in [-0.15, -0.1) is 0 Å². The Morgan fingerprint density at radius 2 is 1.75 bits per heavy atom. The van der Waals surface area contributed by atoms with Crippen molar-refractivity contribution in [1.82, 2.24) is 0 Å². The molecule has 0 radical (unpaired) electrons. The Kier molecular flexibility index (Phi) is 4.07. The molecule has 0 fully saturated rings. The summed E-state index contributed by atoms with van der Waals surface area (Å²) >= 11 is 11.3. The van der Waals surface area contributed by atoms with Gasteiger partial charge < -0.3 is 4.74 Å². The molecule has 0 atom stereocenters. The molecule has 0 saturated heterocycles. The van der Waals surface area contributed by atoms with Crippen LogP contribution in [0.15, 0.2) is 17.0 Å². The maximum atomic E-state index is 11.3. The molecule has 0 bridgehead atoms. The molecule has 8 heteroatoms. The average molecular weight is 304 g/mol. The molecule has 1 aromatic carbocycles. The predicted molar refractivity (Wildman–Crippen MR) is 60.8 cm³/mol. The van der Waals surface area contributed by atoms with Gasteiger partial charge in [-0.05, 0) is 12.1 Å². The summed E-state index contributed by atoms with van der Waals surface area (Å²) in [5.41, 5.74) is -0.257. The van der Waals surface area contributed by atoms with Gasteiger partial charge in [-0.25, -0.2) is 13.2 Å². The van der Waals surface area contributed by atoms with Crippen LogP contribution in [0.25, 0.3) is 0 Å². The van der Waals surface area contributed by atoms with Crippen molar-refractivity contribution in [2.75, 3.05) is 7.11 Å². The molecule has 0 N–H and O–H groups in total. The predicted octanol–water partition coefficient (Wildman–Crippen LogP) is 2.71. The first-order valence-corrected chi connectivity index (χ1v) is 6.86. The van der Waals surface area contributed by atoms with Crippen LogP contribution in [0.4, 0.5) is 0 Å². The zero-order chi connectivity index (χ0) is 12.5. The van der Waals surface area contributed by atoms with Crippen LogP contribution in [-0.4, -0.2) is 21.5 Å². The minimum atomic E-state index is -4.10. The van der Waals surface area contributed by atoms with E-state index in [1.165, 1.54) is 0 Å². The quantitative estimate of drug-likeness (QED) is 0.622. The zero-order valence-corrected chi connectivity index (χ0v) is 10.9. The van der Waals surface area contributed by atoms with Gasteiger partial charge in [0.2, 0.25) is 0 Å². The van der Waals surface area contributed by atoms with Gasteiger partial charge in [0.05, 0.1) is 27.6 Å². The van der Waals surface area contributed by atoms with Crippen LogP contribution >= 0.6 is 33.9 Å². The molecule has 16 heavy (non-hydrogen) atoms. The summed E-state index contributed by atoms with van der Waals surface area (Å²) in [5.74, 6) is -0.863. The fourth-order valence-electron chi connectivity index (χ4n) is 1.000. The minimum absolute atomic E-state index is 0.0199. The number of esters is 1. The largest absolute Gasteiger partial charge is 0.465 e. The number of methoxy groups -OCH3 is 1. The fourth-order valence-corrected chi connectivity index (χ4v) is 2.44. The van der Waals surface area contributed by atoms with Gasteiger partial charge in [0.1, 0.15) is 0 Å². The molecule has 0 aromatic heterocycles. The number of carbonyl (C=O) groups is 1. The van der Waals surface area contributed by atoms with Crippen molar-refractivity contribution in [3.05, 3.63) is 27.7 Å². The molecule has 88 valence electrons. The van der Waals surface area contributed by atoms with Crippen LogP contribution in [0.3, 0.4) is 0 Å². The number of rotatable bonds is 2. The Labute approximate surface area is 106 Å². The van der Waals surface area contributed by atoms with Crippen molar-refractivity contribution >= 4 is 48.9 Å². The maximum Gasteiger partial charge on any atom is 0.339 e. The van der Waals surface area contributed by atoms with Crippen molar-refractivity contribution in [2.45, 2.75) is 4.90 Å². The zero-order valence-electron chi connectivity index (χ0n) is 7.83. The van der Waals surface area contributed by atoms with Crippen LogP contribution in [-0.2, 0) is 13.8 Å². The maximum absolute atomic E-state index is 11.3. The SMILES string of the molecule is COC(=O)c1cc(Cl)c(Cl)cc1S(=O)(=O)Cl. The Hall–Kier alpha value is -0.490. The number of hydrogen-bond acceptors (Lipinski definition) is 4. The molecule has 1 rings (SSSR count). The van der Waals surface area contributed by atoms with E-state index >= 15 is 0 Å². The van der Waals surface area contributed by atoms with Crippen LogP contribution in [0.5, 0.6) is 0 Å². The van der Waals surface area contributed by atoms with E-state index in [-0.39, 0.29) is 15.6 Å². The standard InChI is InChI=1S/C8H5Cl3O4S/c1-15-8(12)4-2-5(9)6(10)3-7(4)16(11,13)14/h2-3H,1H3. The van der Waals surface area contributed by atoms with E-state index in [2.05, 4.69) is 4.74 Å². The van der Waals surface area contributed by atoms with E-state index in [0.717, 1.165) is 19.2 Å². The topological polar surface area (TPSA) is 60.4 Å². The first kappa shape index (κ1) is 13.6. The van der Waals surface area contributed by atoms with E-state index < -0.39 is 19.9 Å². The van der Waals surface area contributed by atoms with Crippen molar-refractivity contribution in [3.63, 3.8) is 0 Å². The summed E-state index contributed by atoms with van der Waals surface area (Å²) in [4.78, 5) is 10.9. The fraction of sp³-hybridized carbons (Fsp3) is 0.125. The van der Waals surface area contributed by atoms with Gasteiger partial charge in [-0.3, -0.25) is 0 Å². The first-order valence-electron chi connectivity index (χ1n) is 3.79. The summed E-state index contributed by atoms with van der Waals surface area (Å²) in [7, 11) is 2.16. The van der Waals surface area contributed by atoms with Gasteiger partial charge in [-0.1, -0.05) is 23.2 Å². The third-order valence-electron chi connectivity index (χ3n) is 1.69. The smallest absolute Gasteiger partial charge is 0.339 e. The number of halogens is 3. The summed E-state index contributed by atoms with van der Waals surface area (Å²) < 4.78 is 26.8. The van der Waals surface area contributed by atoms with Gasteiger partial charge in [0, 0.05) is 10.7 Å². The highest BCUT2D eigenvalue weighted by atomic mass is 35.7. The minimum Gasteiger partial charge on any atom is -0.465 e. The van der Waals surface area contributed by atoms with E-state index in [1.54, 1.807) is 0 Å². The number of carbonyl (C=O) groups excluding carboxylic acids is 1. The van der Waals surface area contributed by atoms with E-state index in [4.69, 9.17) is 33.9 Å². The summed E-state index contributed by atoms with van der Waals surface area (Å²) in [5, 5.41) is 0.0136. The van der Waals surface area contributed by atoms with Crippen LogP contribution in [0, 0.1) is 0 Å². The Morgan fingerprint density at radius 1 is 1.25 bits per heavy atom. The lowest BCUT2D eigenvalue weighted by Gasteiger charge is -2.06. The van der Waals surface area contributed by atoms with E-state index in [0.29, 0.717) is 0 Å². The molecule has 0 saturated carbocycles. The number of ether oxygens (including phenoxy) is 1. The second kappa shape index (κ2) is 4.79.